The summed E-state index contributed by atoms with van der Waals surface area (Å²) in [5.41, 5.74) is 0.430. The van der Waals surface area contributed by atoms with E-state index in [1.165, 1.54) is 0 Å². The molecule has 0 saturated heterocycles. The maximum absolute atomic E-state index is 11.1. The topological polar surface area (TPSA) is 43.4 Å². The van der Waals surface area contributed by atoms with E-state index in [1.54, 1.807) is 13.8 Å². The molecular formula is C8H13O3S+. The molecule has 0 aromatic heterocycles. The minimum atomic E-state index is -0.391. The van der Waals surface area contributed by atoms with E-state index in [1.807, 2.05) is 6.92 Å². The van der Waals surface area contributed by atoms with Gasteiger partial charge in [0.2, 0.25) is 0 Å². The third kappa shape index (κ3) is 3.09. The van der Waals surface area contributed by atoms with E-state index in [0.717, 1.165) is 0 Å². The lowest BCUT2D eigenvalue weighted by Crippen LogP contribution is -2.07. The van der Waals surface area contributed by atoms with Gasteiger partial charge in [0.1, 0.15) is 0 Å². The van der Waals surface area contributed by atoms with E-state index >= 15 is 0 Å². The van der Waals surface area contributed by atoms with Gasteiger partial charge in [0.25, 0.3) is 4.91 Å². The van der Waals surface area contributed by atoms with Crippen LogP contribution >= 0.6 is 0 Å². The number of carbonyl (C=O) groups excluding carboxylic acids is 1. The molecule has 12 heavy (non-hydrogen) atoms. The SMILES string of the molecule is CCOC(=O)C(C)=C(CC)[S+]=O. The highest BCUT2D eigenvalue weighted by Gasteiger charge is 2.19. The minimum Gasteiger partial charge on any atom is -0.462 e. The Hall–Kier alpha value is -0.770. The van der Waals surface area contributed by atoms with Crippen LogP contribution in [0, 0.1) is 0 Å². The molecule has 0 heterocycles. The standard InChI is InChI=1S/C8H13O3S/c1-4-7(12-10)6(3)8(9)11-5-2/h4-5H2,1-3H3/q+1. The molecular weight excluding hydrogens is 176 g/mol. The number of ether oxygens (including phenoxy) is 1. The summed E-state index contributed by atoms with van der Waals surface area (Å²) in [6, 6.07) is 0. The molecule has 0 saturated carbocycles. The molecule has 0 N–H and O–H groups in total. The second-order valence-corrected chi connectivity index (χ2v) is 2.86. The van der Waals surface area contributed by atoms with Gasteiger partial charge in [-0.2, -0.15) is 0 Å². The minimum absolute atomic E-state index is 0.344. The van der Waals surface area contributed by atoms with Crippen molar-refractivity contribution >= 4 is 17.6 Å². The molecule has 0 atom stereocenters. The first-order valence-electron chi connectivity index (χ1n) is 3.84. The molecule has 0 amide bonds. The van der Waals surface area contributed by atoms with E-state index in [-0.39, 0.29) is 0 Å². The van der Waals surface area contributed by atoms with Crippen molar-refractivity contribution < 1.29 is 13.7 Å². The third-order valence-electron chi connectivity index (χ3n) is 1.42. The molecule has 0 spiro atoms. The van der Waals surface area contributed by atoms with Crippen molar-refractivity contribution in [1.82, 2.24) is 0 Å². The Morgan fingerprint density at radius 1 is 1.42 bits per heavy atom. The van der Waals surface area contributed by atoms with Crippen LogP contribution in [0.15, 0.2) is 10.5 Å². The van der Waals surface area contributed by atoms with Gasteiger partial charge in [0, 0.05) is 10.6 Å². The second kappa shape index (κ2) is 5.83. The highest BCUT2D eigenvalue weighted by Crippen LogP contribution is 2.08. The van der Waals surface area contributed by atoms with Gasteiger partial charge in [-0.25, -0.2) is 4.79 Å². The average Bonchev–Trinajstić information content (AvgIpc) is 2.07. The molecule has 0 bridgehead atoms. The van der Waals surface area contributed by atoms with Crippen molar-refractivity contribution in [2.45, 2.75) is 27.2 Å². The zero-order valence-electron chi connectivity index (χ0n) is 7.55. The van der Waals surface area contributed by atoms with Crippen LogP contribution in [0.2, 0.25) is 0 Å². The number of esters is 1. The van der Waals surface area contributed by atoms with Gasteiger partial charge in [-0.3, -0.25) is 0 Å². The Morgan fingerprint density at radius 3 is 2.33 bits per heavy atom. The fraction of sp³-hybridized carbons (Fsp3) is 0.625. The normalized spacial score (nSPS) is 11.9. The molecule has 0 aliphatic rings. The molecule has 0 unspecified atom stereocenters. The largest absolute Gasteiger partial charge is 0.500 e. The van der Waals surface area contributed by atoms with Gasteiger partial charge >= 0.3 is 17.6 Å². The lowest BCUT2D eigenvalue weighted by Gasteiger charge is -1.98. The molecule has 0 aromatic rings. The van der Waals surface area contributed by atoms with Gasteiger partial charge in [-0.05, 0) is 13.8 Å². The van der Waals surface area contributed by atoms with Crippen molar-refractivity contribution in [3.63, 3.8) is 0 Å². The summed E-state index contributed by atoms with van der Waals surface area (Å²) in [5.74, 6) is -0.391. The van der Waals surface area contributed by atoms with E-state index in [2.05, 4.69) is 0 Å². The molecule has 4 heteroatoms. The van der Waals surface area contributed by atoms with Crippen LogP contribution in [0.25, 0.3) is 0 Å². The quantitative estimate of drug-likeness (QED) is 0.384. The van der Waals surface area contributed by atoms with Crippen LogP contribution < -0.4 is 0 Å². The predicted octanol–water partition coefficient (Wildman–Crippen LogP) is 1.66. The third-order valence-corrected chi connectivity index (χ3v) is 2.22. The Morgan fingerprint density at radius 2 is 2.00 bits per heavy atom. The zero-order valence-corrected chi connectivity index (χ0v) is 8.36. The Bertz CT molecular complexity index is 208. The van der Waals surface area contributed by atoms with Crippen molar-refractivity contribution in [2.75, 3.05) is 6.61 Å². The van der Waals surface area contributed by atoms with Gasteiger partial charge in [0.05, 0.1) is 12.2 Å². The first-order chi connectivity index (χ1) is 5.67. The smallest absolute Gasteiger partial charge is 0.462 e. The van der Waals surface area contributed by atoms with E-state index in [4.69, 9.17) is 4.74 Å². The van der Waals surface area contributed by atoms with E-state index in [9.17, 15) is 9.00 Å². The van der Waals surface area contributed by atoms with Crippen molar-refractivity contribution in [3.05, 3.63) is 10.5 Å². The average molecular weight is 189 g/mol. The summed E-state index contributed by atoms with van der Waals surface area (Å²) in [4.78, 5) is 11.6. The number of carbonyl (C=O) groups is 1. The zero-order chi connectivity index (χ0) is 9.56. The van der Waals surface area contributed by atoms with Crippen LogP contribution in [-0.4, -0.2) is 12.6 Å². The Labute approximate surface area is 76.3 Å². The van der Waals surface area contributed by atoms with Crippen LogP contribution in [0.5, 0.6) is 0 Å². The second-order valence-electron chi connectivity index (χ2n) is 2.21. The van der Waals surface area contributed by atoms with Crippen LogP contribution in [0.4, 0.5) is 0 Å². The fourth-order valence-corrected chi connectivity index (χ4v) is 1.07. The van der Waals surface area contributed by atoms with E-state index in [0.29, 0.717) is 35.2 Å². The predicted molar refractivity (Wildman–Crippen MR) is 47.7 cm³/mol. The van der Waals surface area contributed by atoms with Gasteiger partial charge in [-0.15, -0.1) is 0 Å². The number of rotatable bonds is 4. The number of hydrogen-bond donors (Lipinski definition) is 0. The lowest BCUT2D eigenvalue weighted by molar-refractivity contribution is -0.138. The molecule has 0 fully saturated rings. The van der Waals surface area contributed by atoms with Crippen LogP contribution in [-0.2, 0) is 25.4 Å². The Kier molecular flexibility index (Phi) is 5.45. The number of allylic oxidation sites excluding steroid dienone is 1. The monoisotopic (exact) mass is 189 g/mol. The summed E-state index contributed by atoms with van der Waals surface area (Å²) in [5, 5.41) is 0. The van der Waals surface area contributed by atoms with Crippen LogP contribution in [0.3, 0.4) is 0 Å². The molecule has 0 rings (SSSR count). The summed E-state index contributed by atoms with van der Waals surface area (Å²) >= 11 is 0.361. The highest BCUT2D eigenvalue weighted by molar-refractivity contribution is 7.70. The summed E-state index contributed by atoms with van der Waals surface area (Å²) in [6.07, 6.45) is 0.582. The van der Waals surface area contributed by atoms with Crippen molar-refractivity contribution in [2.24, 2.45) is 0 Å². The lowest BCUT2D eigenvalue weighted by atomic mass is 10.2. The summed E-state index contributed by atoms with van der Waals surface area (Å²) < 4.78 is 15.2. The van der Waals surface area contributed by atoms with Crippen LogP contribution in [0.1, 0.15) is 27.2 Å². The molecule has 0 aliphatic carbocycles. The molecule has 0 aliphatic heterocycles. The van der Waals surface area contributed by atoms with Gasteiger partial charge in [-0.1, -0.05) is 6.92 Å². The fourth-order valence-electron chi connectivity index (χ4n) is 0.740. The summed E-state index contributed by atoms with van der Waals surface area (Å²) in [6.45, 7) is 5.53. The van der Waals surface area contributed by atoms with Crippen molar-refractivity contribution in [1.29, 1.82) is 0 Å². The van der Waals surface area contributed by atoms with Crippen molar-refractivity contribution in [3.8, 4) is 0 Å². The molecule has 0 aromatic carbocycles. The number of hydrogen-bond acceptors (Lipinski definition) is 3. The highest BCUT2D eigenvalue weighted by atomic mass is 32.1. The molecule has 0 radical (unpaired) electrons. The Balaban J connectivity index is 4.50. The first kappa shape index (κ1) is 11.2. The van der Waals surface area contributed by atoms with Gasteiger partial charge < -0.3 is 4.74 Å². The molecule has 68 valence electrons. The first-order valence-corrected chi connectivity index (χ1v) is 4.58. The maximum Gasteiger partial charge on any atom is 0.500 e. The van der Waals surface area contributed by atoms with Gasteiger partial charge in [0.15, 0.2) is 0 Å². The summed E-state index contributed by atoms with van der Waals surface area (Å²) in [7, 11) is 0. The maximum atomic E-state index is 11.1. The van der Waals surface area contributed by atoms with E-state index < -0.39 is 5.97 Å². The molecule has 3 nitrogen and oxygen atoms in total.